The van der Waals surface area contributed by atoms with Crippen LogP contribution in [0.5, 0.6) is 5.75 Å². The van der Waals surface area contributed by atoms with Gasteiger partial charge in [-0.3, -0.25) is 14.6 Å². The summed E-state index contributed by atoms with van der Waals surface area (Å²) in [6.07, 6.45) is 0.984. The molecule has 4 rings (SSSR count). The van der Waals surface area contributed by atoms with Gasteiger partial charge in [0.25, 0.3) is 0 Å². The molecule has 0 saturated heterocycles. The number of hydrogen-bond donors (Lipinski definition) is 0. The number of methoxy groups -OCH3 is 1. The maximum Gasteiger partial charge on any atom is 0.315 e. The van der Waals surface area contributed by atoms with Gasteiger partial charge < -0.3 is 9.47 Å². The largest absolute Gasteiger partial charge is 0.496 e. The molecule has 0 radical (unpaired) electrons. The summed E-state index contributed by atoms with van der Waals surface area (Å²) in [7, 11) is 1.59. The topological polar surface area (TPSA) is 65.0 Å². The minimum absolute atomic E-state index is 0.00709. The van der Waals surface area contributed by atoms with E-state index in [1.165, 1.54) is 0 Å². The van der Waals surface area contributed by atoms with Crippen molar-refractivity contribution < 1.29 is 19.1 Å². The van der Waals surface area contributed by atoms with E-state index in [2.05, 4.69) is 0 Å². The lowest BCUT2D eigenvalue weighted by atomic mass is 9.69. The number of ether oxygens (including phenoxy) is 2. The Morgan fingerprint density at radius 1 is 1.12 bits per heavy atom. The Morgan fingerprint density at radius 3 is 2.53 bits per heavy atom. The zero-order chi connectivity index (χ0) is 22.8. The fourth-order valence-electron chi connectivity index (χ4n) is 4.83. The Kier molecular flexibility index (Phi) is 6.47. The molecule has 1 heterocycles. The second kappa shape index (κ2) is 9.29. The van der Waals surface area contributed by atoms with Gasteiger partial charge in [0.1, 0.15) is 11.7 Å². The highest BCUT2D eigenvalue weighted by Crippen LogP contribution is 2.48. The lowest BCUT2D eigenvalue weighted by Crippen LogP contribution is -2.38. The summed E-state index contributed by atoms with van der Waals surface area (Å²) in [4.78, 5) is 31.3. The second-order valence-electron chi connectivity index (χ2n) is 8.14. The Labute approximate surface area is 193 Å². The molecule has 1 aliphatic heterocycles. The van der Waals surface area contributed by atoms with E-state index in [0.29, 0.717) is 34.9 Å². The van der Waals surface area contributed by atoms with Gasteiger partial charge >= 0.3 is 5.97 Å². The fraction of sp³-hybridized carbons (Fsp3) is 0.346. The van der Waals surface area contributed by atoms with Crippen molar-refractivity contribution in [3.8, 4) is 5.75 Å². The maximum absolute atomic E-state index is 13.5. The normalized spacial score (nSPS) is 22.8. The lowest BCUT2D eigenvalue weighted by Gasteiger charge is -2.37. The predicted molar refractivity (Wildman–Crippen MR) is 124 cm³/mol. The molecule has 5 nitrogen and oxygen atoms in total. The molecule has 0 saturated carbocycles. The number of aliphatic imine (C=N–C) groups is 1. The predicted octanol–water partition coefficient (Wildman–Crippen LogP) is 5.49. The molecule has 2 aromatic carbocycles. The van der Waals surface area contributed by atoms with E-state index in [0.717, 1.165) is 16.8 Å². The monoisotopic (exact) mass is 451 g/mol. The van der Waals surface area contributed by atoms with Crippen molar-refractivity contribution in [3.05, 3.63) is 76.0 Å². The molecule has 2 aliphatic rings. The summed E-state index contributed by atoms with van der Waals surface area (Å²) in [6, 6.07) is 15.1. The van der Waals surface area contributed by atoms with Gasteiger partial charge in [-0.25, -0.2) is 0 Å². The van der Waals surface area contributed by atoms with Crippen molar-refractivity contribution in [1.29, 1.82) is 0 Å². The number of allylic oxidation sites excluding steroid dienone is 2. The van der Waals surface area contributed by atoms with Crippen LogP contribution in [0.25, 0.3) is 0 Å². The first kappa shape index (κ1) is 22.3. The molecule has 1 aliphatic carbocycles. The van der Waals surface area contributed by atoms with E-state index in [1.807, 2.05) is 55.5 Å². The first-order valence-electron chi connectivity index (χ1n) is 10.8. The molecule has 32 heavy (non-hydrogen) atoms. The number of Topliss-reactive ketones (excluding diaryl/α,β-unsaturated/α-hetero) is 1. The van der Waals surface area contributed by atoms with Gasteiger partial charge in [-0.1, -0.05) is 41.9 Å². The molecule has 0 spiro atoms. The summed E-state index contributed by atoms with van der Waals surface area (Å²) in [6.45, 7) is 3.88. The van der Waals surface area contributed by atoms with Gasteiger partial charge in [-0.2, -0.15) is 0 Å². The van der Waals surface area contributed by atoms with Gasteiger partial charge in [0.05, 0.1) is 13.7 Å². The van der Waals surface area contributed by atoms with E-state index < -0.39 is 11.8 Å². The van der Waals surface area contributed by atoms with Gasteiger partial charge in [-0.05, 0) is 49.9 Å². The molecule has 0 bridgehead atoms. The highest BCUT2D eigenvalue weighted by molar-refractivity contribution is 6.30. The number of para-hydroxylation sites is 1. The van der Waals surface area contributed by atoms with Crippen LogP contribution in [0, 0.1) is 5.92 Å². The molecule has 0 fully saturated rings. The van der Waals surface area contributed by atoms with Crippen molar-refractivity contribution in [2.45, 2.75) is 38.5 Å². The molecule has 0 amide bonds. The van der Waals surface area contributed by atoms with E-state index >= 15 is 0 Å². The summed E-state index contributed by atoms with van der Waals surface area (Å²) < 4.78 is 11.0. The number of halogens is 1. The van der Waals surface area contributed by atoms with Gasteiger partial charge in [-0.15, -0.1) is 0 Å². The minimum Gasteiger partial charge on any atom is -0.496 e. The standard InChI is InChI=1S/C26H26ClNO4/c1-4-32-26(30)23-15(2)28-20-13-17(16-9-11-18(27)12-10-16)14-21(29)25(20)24(23)19-7-5-6-8-22(19)31-3/h5-12,17,23-24H,4,13-14H2,1-3H3/t17-,23?,24-/m0/s1. The van der Waals surface area contributed by atoms with Crippen molar-refractivity contribution in [3.63, 3.8) is 0 Å². The summed E-state index contributed by atoms with van der Waals surface area (Å²) in [5.41, 5.74) is 3.86. The minimum atomic E-state index is -0.666. The Bertz CT molecular complexity index is 1100. The van der Waals surface area contributed by atoms with Crippen molar-refractivity contribution in [2.24, 2.45) is 10.9 Å². The van der Waals surface area contributed by atoms with Gasteiger partial charge in [0, 0.05) is 39.9 Å². The molecule has 1 unspecified atom stereocenters. The Balaban J connectivity index is 1.82. The van der Waals surface area contributed by atoms with Crippen LogP contribution in [0.4, 0.5) is 0 Å². The Hall–Kier alpha value is -2.92. The maximum atomic E-state index is 13.5. The first-order chi connectivity index (χ1) is 15.4. The molecule has 6 heteroatoms. The number of carbonyl (C=O) groups is 2. The average Bonchev–Trinajstić information content (AvgIpc) is 2.78. The number of esters is 1. The quantitative estimate of drug-likeness (QED) is 0.564. The van der Waals surface area contributed by atoms with E-state index in [4.69, 9.17) is 26.1 Å². The van der Waals surface area contributed by atoms with Crippen LogP contribution >= 0.6 is 11.6 Å². The van der Waals surface area contributed by atoms with Crippen LogP contribution in [0.2, 0.25) is 5.02 Å². The number of rotatable bonds is 5. The third-order valence-electron chi connectivity index (χ3n) is 6.24. The number of nitrogens with zero attached hydrogens (tertiary/aromatic N) is 1. The first-order valence-corrected chi connectivity index (χ1v) is 11.2. The zero-order valence-corrected chi connectivity index (χ0v) is 19.2. The fourth-order valence-corrected chi connectivity index (χ4v) is 4.95. The second-order valence-corrected chi connectivity index (χ2v) is 8.58. The van der Waals surface area contributed by atoms with Crippen molar-refractivity contribution in [2.75, 3.05) is 13.7 Å². The van der Waals surface area contributed by atoms with Gasteiger partial charge in [0.2, 0.25) is 0 Å². The van der Waals surface area contributed by atoms with Crippen LogP contribution in [-0.4, -0.2) is 31.2 Å². The third-order valence-corrected chi connectivity index (χ3v) is 6.50. The number of carbonyl (C=O) groups excluding carboxylic acids is 2. The van der Waals surface area contributed by atoms with Crippen LogP contribution < -0.4 is 4.74 Å². The Morgan fingerprint density at radius 2 is 1.84 bits per heavy atom. The van der Waals surface area contributed by atoms with Crippen LogP contribution in [0.3, 0.4) is 0 Å². The number of ketones is 1. The molecule has 0 aromatic heterocycles. The molecule has 2 aromatic rings. The van der Waals surface area contributed by atoms with Crippen LogP contribution in [0.1, 0.15) is 49.7 Å². The average molecular weight is 452 g/mol. The number of hydrogen-bond acceptors (Lipinski definition) is 5. The molecule has 0 N–H and O–H groups in total. The highest BCUT2D eigenvalue weighted by atomic mass is 35.5. The van der Waals surface area contributed by atoms with E-state index in [-0.39, 0.29) is 24.3 Å². The van der Waals surface area contributed by atoms with Crippen molar-refractivity contribution in [1.82, 2.24) is 0 Å². The molecule has 166 valence electrons. The summed E-state index contributed by atoms with van der Waals surface area (Å²) in [5, 5.41) is 0.663. The molecular formula is C26H26ClNO4. The lowest BCUT2D eigenvalue weighted by molar-refractivity contribution is -0.146. The van der Waals surface area contributed by atoms with E-state index in [1.54, 1.807) is 14.0 Å². The molecular weight excluding hydrogens is 426 g/mol. The third kappa shape index (κ3) is 4.09. The summed E-state index contributed by atoms with van der Waals surface area (Å²) >= 11 is 6.04. The van der Waals surface area contributed by atoms with Crippen LogP contribution in [-0.2, 0) is 14.3 Å². The zero-order valence-electron chi connectivity index (χ0n) is 18.4. The molecule has 3 atom stereocenters. The van der Waals surface area contributed by atoms with Gasteiger partial charge in [0.15, 0.2) is 5.78 Å². The smallest absolute Gasteiger partial charge is 0.315 e. The van der Waals surface area contributed by atoms with Crippen molar-refractivity contribution >= 4 is 29.1 Å². The highest BCUT2D eigenvalue weighted by Gasteiger charge is 2.45. The van der Waals surface area contributed by atoms with E-state index in [9.17, 15) is 9.59 Å². The van der Waals surface area contributed by atoms with Crippen LogP contribution in [0.15, 0.2) is 64.8 Å². The number of benzene rings is 2. The summed E-state index contributed by atoms with van der Waals surface area (Å²) in [5.74, 6) is -0.859. The SMILES string of the molecule is CCOC(=O)C1C(C)=NC2=C(C(=O)C[C@@H](c3ccc(Cl)cc3)C2)[C@H]1c1ccccc1OC.